The minimum Gasteiger partial charge on any atom is -0.309 e. The Morgan fingerprint density at radius 2 is 0.891 bits per heavy atom. The van der Waals surface area contributed by atoms with Crippen LogP contribution in [0.3, 0.4) is 0 Å². The number of thiophene rings is 2. The van der Waals surface area contributed by atoms with Crippen LogP contribution in [0, 0.1) is 0 Å². The third-order valence-electron chi connectivity index (χ3n) is 10.9. The van der Waals surface area contributed by atoms with Crippen molar-refractivity contribution in [3.63, 3.8) is 0 Å². The monoisotopic (exact) mass is 735 g/mol. The molecule has 0 saturated heterocycles. The van der Waals surface area contributed by atoms with Crippen molar-refractivity contribution >= 4 is 90.9 Å². The van der Waals surface area contributed by atoms with E-state index in [4.69, 9.17) is 0 Å². The average Bonchev–Trinajstić information content (AvgIpc) is 3.83. The minimum atomic E-state index is 1.12. The van der Waals surface area contributed by atoms with Crippen molar-refractivity contribution in [1.82, 2.24) is 0 Å². The second-order valence-corrected chi connectivity index (χ2v) is 16.2. The quantitative estimate of drug-likeness (QED) is 0.164. The molecule has 0 spiro atoms. The molecule has 9 aromatic carbocycles. The van der Waals surface area contributed by atoms with Crippen LogP contribution in [0.2, 0.25) is 0 Å². The Labute approximate surface area is 327 Å². The molecule has 0 atom stereocenters. The summed E-state index contributed by atoms with van der Waals surface area (Å²) in [5, 5.41) is 7.75. The molecule has 11 aromatic rings. The van der Waals surface area contributed by atoms with E-state index in [1.807, 2.05) is 22.7 Å². The Bertz CT molecular complexity index is 3190. The third kappa shape index (κ3) is 5.51. The van der Waals surface area contributed by atoms with Crippen LogP contribution in [-0.4, -0.2) is 0 Å². The molecule has 11 rings (SSSR count). The van der Waals surface area contributed by atoms with Gasteiger partial charge in [-0.3, -0.25) is 0 Å². The number of hydrogen-bond acceptors (Lipinski definition) is 3. The van der Waals surface area contributed by atoms with Gasteiger partial charge >= 0.3 is 0 Å². The molecule has 0 amide bonds. The summed E-state index contributed by atoms with van der Waals surface area (Å²) in [6.07, 6.45) is 0. The van der Waals surface area contributed by atoms with Gasteiger partial charge in [-0.1, -0.05) is 140 Å². The SMILES string of the molecule is c1ccc(-c2ccc(N(c3ccc(-c4ccc5ccccc5c4)cc3)c3ccc(-c4ccc5sc6ccccc6c5c4)cc3)c3sc4ccccc4c23)cc1. The zero-order valence-corrected chi connectivity index (χ0v) is 31.4. The largest absolute Gasteiger partial charge is 0.309 e. The molecule has 0 bridgehead atoms. The number of benzene rings is 9. The maximum absolute atomic E-state index is 2.44. The summed E-state index contributed by atoms with van der Waals surface area (Å²) < 4.78 is 5.23. The standard InChI is InChI=1S/C52H33NS2/c1-2-11-37(12-3-1)43-29-30-47(52-51(43)45-15-7-9-17-49(45)55-52)53(41-25-20-35(21-26-41)39-19-18-34-10-4-5-13-38(34)32-39)42-27-22-36(23-28-42)40-24-31-50-46(33-40)44-14-6-8-16-48(44)54-50/h1-33H. The van der Waals surface area contributed by atoms with E-state index in [0.29, 0.717) is 0 Å². The van der Waals surface area contributed by atoms with Crippen LogP contribution < -0.4 is 4.90 Å². The number of fused-ring (bicyclic) bond motifs is 7. The molecule has 2 heterocycles. The first-order valence-electron chi connectivity index (χ1n) is 18.7. The molecule has 0 unspecified atom stereocenters. The van der Waals surface area contributed by atoms with E-state index in [1.54, 1.807) is 0 Å². The predicted octanol–water partition coefficient (Wildman–Crippen LogP) is 16.0. The van der Waals surface area contributed by atoms with Crippen molar-refractivity contribution in [2.24, 2.45) is 0 Å². The number of nitrogens with zero attached hydrogens (tertiary/aromatic N) is 1. The maximum atomic E-state index is 2.44. The molecular formula is C52H33NS2. The molecule has 0 saturated carbocycles. The van der Waals surface area contributed by atoms with Gasteiger partial charge in [-0.05, 0) is 105 Å². The summed E-state index contributed by atoms with van der Waals surface area (Å²) in [5.41, 5.74) is 10.8. The summed E-state index contributed by atoms with van der Waals surface area (Å²) in [4.78, 5) is 2.44. The third-order valence-corrected chi connectivity index (χ3v) is 13.2. The van der Waals surface area contributed by atoms with Gasteiger partial charge in [0.1, 0.15) is 0 Å². The van der Waals surface area contributed by atoms with E-state index >= 15 is 0 Å². The fourth-order valence-corrected chi connectivity index (χ4v) is 10.5. The van der Waals surface area contributed by atoms with Crippen molar-refractivity contribution in [3.8, 4) is 33.4 Å². The highest BCUT2D eigenvalue weighted by Crippen LogP contribution is 2.48. The van der Waals surface area contributed by atoms with E-state index in [0.717, 1.165) is 11.4 Å². The molecular weight excluding hydrogens is 703 g/mol. The smallest absolute Gasteiger partial charge is 0.0640 e. The second-order valence-electron chi connectivity index (χ2n) is 14.1. The first kappa shape index (κ1) is 32.0. The van der Waals surface area contributed by atoms with Crippen molar-refractivity contribution in [2.45, 2.75) is 0 Å². The molecule has 0 aliphatic carbocycles. The molecule has 0 N–H and O–H groups in total. The van der Waals surface area contributed by atoms with Gasteiger partial charge in [0.05, 0.1) is 10.4 Å². The normalized spacial score (nSPS) is 11.6. The zero-order chi connectivity index (χ0) is 36.3. The molecule has 2 aromatic heterocycles. The Morgan fingerprint density at radius 3 is 1.64 bits per heavy atom. The molecule has 55 heavy (non-hydrogen) atoms. The van der Waals surface area contributed by atoms with Crippen LogP contribution in [0.4, 0.5) is 17.1 Å². The van der Waals surface area contributed by atoms with Crippen LogP contribution >= 0.6 is 22.7 Å². The van der Waals surface area contributed by atoms with Crippen molar-refractivity contribution in [3.05, 3.63) is 200 Å². The first-order valence-corrected chi connectivity index (χ1v) is 20.3. The Hall–Kier alpha value is -6.52. The summed E-state index contributed by atoms with van der Waals surface area (Å²) in [5.74, 6) is 0. The van der Waals surface area contributed by atoms with Crippen LogP contribution in [0.15, 0.2) is 200 Å². The number of rotatable bonds is 6. The first-order chi connectivity index (χ1) is 27.2. The van der Waals surface area contributed by atoms with Crippen molar-refractivity contribution in [1.29, 1.82) is 0 Å². The average molecular weight is 736 g/mol. The van der Waals surface area contributed by atoms with Crippen LogP contribution in [0.5, 0.6) is 0 Å². The second kappa shape index (κ2) is 13.1. The van der Waals surface area contributed by atoms with Crippen LogP contribution in [0.25, 0.3) is 84.5 Å². The van der Waals surface area contributed by atoms with Gasteiger partial charge in [-0.25, -0.2) is 0 Å². The zero-order valence-electron chi connectivity index (χ0n) is 29.8. The summed E-state index contributed by atoms with van der Waals surface area (Å²) in [7, 11) is 0. The van der Waals surface area contributed by atoms with Gasteiger partial charge in [0.25, 0.3) is 0 Å². The lowest BCUT2D eigenvalue weighted by Gasteiger charge is -2.27. The van der Waals surface area contributed by atoms with Crippen LogP contribution in [0.1, 0.15) is 0 Å². The van der Waals surface area contributed by atoms with E-state index < -0.39 is 0 Å². The lowest BCUT2D eigenvalue weighted by Crippen LogP contribution is -2.10. The summed E-state index contributed by atoms with van der Waals surface area (Å²) in [6.45, 7) is 0. The van der Waals surface area contributed by atoms with Gasteiger partial charge < -0.3 is 4.90 Å². The van der Waals surface area contributed by atoms with Gasteiger partial charge in [-0.15, -0.1) is 22.7 Å². The highest BCUT2D eigenvalue weighted by Gasteiger charge is 2.21. The van der Waals surface area contributed by atoms with Gasteiger partial charge in [0.15, 0.2) is 0 Å². The maximum Gasteiger partial charge on any atom is 0.0640 e. The van der Waals surface area contributed by atoms with E-state index in [-0.39, 0.29) is 0 Å². The van der Waals surface area contributed by atoms with Crippen molar-refractivity contribution in [2.75, 3.05) is 4.90 Å². The Balaban J connectivity index is 1.07. The van der Waals surface area contributed by atoms with Crippen molar-refractivity contribution < 1.29 is 0 Å². The molecule has 3 heteroatoms. The topological polar surface area (TPSA) is 3.24 Å². The highest BCUT2D eigenvalue weighted by atomic mass is 32.1. The molecule has 0 aliphatic rings. The van der Waals surface area contributed by atoms with Crippen LogP contribution in [-0.2, 0) is 0 Å². The lowest BCUT2D eigenvalue weighted by atomic mass is 9.98. The molecule has 1 nitrogen and oxygen atoms in total. The number of anilines is 3. The molecule has 0 radical (unpaired) electrons. The molecule has 0 aliphatic heterocycles. The fraction of sp³-hybridized carbons (Fsp3) is 0. The number of hydrogen-bond donors (Lipinski definition) is 0. The highest BCUT2D eigenvalue weighted by molar-refractivity contribution is 7.26. The van der Waals surface area contributed by atoms with E-state index in [2.05, 4.69) is 205 Å². The summed E-state index contributed by atoms with van der Waals surface area (Å²) in [6, 6.07) is 73.4. The Kier molecular flexibility index (Phi) is 7.61. The van der Waals surface area contributed by atoms with Gasteiger partial charge in [0, 0.05) is 47.0 Å². The summed E-state index contributed by atoms with van der Waals surface area (Å²) >= 11 is 3.74. The fourth-order valence-electron chi connectivity index (χ4n) is 8.16. The molecule has 0 fully saturated rings. The van der Waals surface area contributed by atoms with Gasteiger partial charge in [-0.2, -0.15) is 0 Å². The van der Waals surface area contributed by atoms with E-state index in [9.17, 15) is 0 Å². The van der Waals surface area contributed by atoms with E-state index in [1.165, 1.54) is 90.2 Å². The predicted molar refractivity (Wildman–Crippen MR) is 241 cm³/mol. The Morgan fingerprint density at radius 1 is 0.327 bits per heavy atom. The van der Waals surface area contributed by atoms with Gasteiger partial charge in [0.2, 0.25) is 0 Å². The minimum absolute atomic E-state index is 1.12. The lowest BCUT2D eigenvalue weighted by molar-refractivity contribution is 1.30. The molecule has 258 valence electrons.